The molecule has 0 aliphatic carbocycles. The van der Waals surface area contributed by atoms with Crippen LogP contribution in [0.15, 0.2) is 24.3 Å². The number of nitrogens with one attached hydrogen (secondary N) is 1. The molecule has 2 aliphatic rings. The topological polar surface area (TPSA) is 137 Å². The first kappa shape index (κ1) is 25.9. The summed E-state index contributed by atoms with van der Waals surface area (Å²) in [6.45, 7) is 6.24. The second kappa shape index (κ2) is 11.2. The van der Waals surface area contributed by atoms with Crippen molar-refractivity contribution in [2.24, 2.45) is 5.73 Å². The maximum absolute atomic E-state index is 11.5. The third kappa shape index (κ3) is 5.63. The second-order valence-corrected chi connectivity index (χ2v) is 9.83. The monoisotopic (exact) mass is 522 g/mol. The molecule has 1 amide bonds. The summed E-state index contributed by atoms with van der Waals surface area (Å²) in [5.41, 5.74) is 14.5. The summed E-state index contributed by atoms with van der Waals surface area (Å²) in [6, 6.07) is 8.32. The Balaban J connectivity index is 1.40. The molecule has 2 saturated heterocycles. The number of anilines is 2. The van der Waals surface area contributed by atoms with Gasteiger partial charge in [-0.25, -0.2) is 9.97 Å². The molecule has 190 valence electrons. The van der Waals surface area contributed by atoms with Crippen LogP contribution in [-0.2, 0) is 0 Å². The Morgan fingerprint density at radius 1 is 1.17 bits per heavy atom. The lowest BCUT2D eigenvalue weighted by atomic mass is 9.97. The number of rotatable bonds is 7. The number of amides is 1. The molecule has 4 rings (SSSR count). The SMILES string of the molecule is CCC1CN(c2nc(N)c(C(N)=O)nc2Cl)CCN1C1CCN(C(NO)c2ccc(Cl)cc2)CC1. The average molecular weight is 523 g/mol. The number of primary amides is 1. The van der Waals surface area contributed by atoms with Gasteiger partial charge in [-0.2, -0.15) is 5.48 Å². The highest BCUT2D eigenvalue weighted by molar-refractivity contribution is 6.32. The molecule has 0 radical (unpaired) electrons. The Bertz CT molecular complexity index is 1030. The molecule has 6 N–H and O–H groups in total. The number of nitrogens with zero attached hydrogens (tertiary/aromatic N) is 5. The number of halogens is 2. The molecule has 10 nitrogen and oxygen atoms in total. The zero-order chi connectivity index (χ0) is 25.1. The van der Waals surface area contributed by atoms with Gasteiger partial charge in [-0.3, -0.25) is 14.6 Å². The number of nitrogens with two attached hydrogens (primary N) is 2. The fourth-order valence-electron chi connectivity index (χ4n) is 5.19. The number of hydroxylamine groups is 1. The van der Waals surface area contributed by atoms with Gasteiger partial charge in [0.2, 0.25) is 0 Å². The quantitative estimate of drug-likeness (QED) is 0.404. The lowest BCUT2D eigenvalue weighted by Crippen LogP contribution is -2.59. The van der Waals surface area contributed by atoms with E-state index in [0.29, 0.717) is 22.9 Å². The highest BCUT2D eigenvalue weighted by Crippen LogP contribution is 2.31. The van der Waals surface area contributed by atoms with Crippen LogP contribution in [0.1, 0.15) is 48.4 Å². The Hall–Kier alpha value is -2.21. The van der Waals surface area contributed by atoms with E-state index in [1.54, 1.807) is 0 Å². The molecular formula is C23H32Cl2N8O2. The first-order valence-electron chi connectivity index (χ1n) is 11.8. The van der Waals surface area contributed by atoms with E-state index < -0.39 is 5.91 Å². The van der Waals surface area contributed by atoms with E-state index in [1.165, 1.54) is 0 Å². The van der Waals surface area contributed by atoms with Gasteiger partial charge >= 0.3 is 0 Å². The van der Waals surface area contributed by atoms with Crippen molar-refractivity contribution in [2.75, 3.05) is 43.4 Å². The van der Waals surface area contributed by atoms with Crippen LogP contribution in [-0.4, -0.2) is 75.7 Å². The predicted octanol–water partition coefficient (Wildman–Crippen LogP) is 2.51. The molecule has 1 aromatic heterocycles. The standard InChI is InChI=1S/C23H32Cl2N8O2/c1-2-16-13-32(23-19(25)28-18(21(27)34)20(26)29-23)11-12-33(16)17-7-9-31(10-8-17)22(30-35)14-3-5-15(24)6-4-14/h3-6,16-17,22,30,35H,2,7-13H2,1H3,(H2,26,29)(H2,27,34). The van der Waals surface area contributed by atoms with Gasteiger partial charge < -0.3 is 21.6 Å². The van der Waals surface area contributed by atoms with Gasteiger partial charge in [0.15, 0.2) is 22.5 Å². The highest BCUT2D eigenvalue weighted by Gasteiger charge is 2.35. The summed E-state index contributed by atoms with van der Waals surface area (Å²) in [5.74, 6) is -0.268. The molecule has 2 unspecified atom stereocenters. The number of carbonyl (C=O) groups is 1. The minimum Gasteiger partial charge on any atom is -0.382 e. The maximum Gasteiger partial charge on any atom is 0.271 e. The molecular weight excluding hydrogens is 491 g/mol. The maximum atomic E-state index is 11.5. The first-order valence-corrected chi connectivity index (χ1v) is 12.6. The molecule has 2 fully saturated rings. The molecule has 2 atom stereocenters. The van der Waals surface area contributed by atoms with Gasteiger partial charge in [0.25, 0.3) is 5.91 Å². The van der Waals surface area contributed by atoms with Crippen LogP contribution >= 0.6 is 23.2 Å². The Kier molecular flexibility index (Phi) is 8.31. The number of hydrogen-bond acceptors (Lipinski definition) is 9. The largest absolute Gasteiger partial charge is 0.382 e. The molecule has 0 bridgehead atoms. The molecule has 0 saturated carbocycles. The number of piperidine rings is 1. The van der Waals surface area contributed by atoms with E-state index >= 15 is 0 Å². The van der Waals surface area contributed by atoms with Crippen LogP contribution in [0.2, 0.25) is 10.2 Å². The molecule has 0 spiro atoms. The fourth-order valence-corrected chi connectivity index (χ4v) is 5.57. The summed E-state index contributed by atoms with van der Waals surface area (Å²) in [6.07, 6.45) is 2.72. The lowest BCUT2D eigenvalue weighted by Gasteiger charge is -2.48. The summed E-state index contributed by atoms with van der Waals surface area (Å²) in [5, 5.41) is 10.6. The first-order chi connectivity index (χ1) is 16.8. The molecule has 2 aromatic rings. The van der Waals surface area contributed by atoms with Gasteiger partial charge in [0, 0.05) is 49.8 Å². The van der Waals surface area contributed by atoms with Crippen molar-refractivity contribution in [1.29, 1.82) is 0 Å². The fraction of sp³-hybridized carbons (Fsp3) is 0.522. The van der Waals surface area contributed by atoms with Gasteiger partial charge in [0.05, 0.1) is 0 Å². The zero-order valence-electron chi connectivity index (χ0n) is 19.7. The molecule has 35 heavy (non-hydrogen) atoms. The summed E-state index contributed by atoms with van der Waals surface area (Å²) >= 11 is 12.4. The molecule has 3 heterocycles. The smallest absolute Gasteiger partial charge is 0.271 e. The number of aromatic nitrogens is 2. The van der Waals surface area contributed by atoms with Crippen molar-refractivity contribution < 1.29 is 10.0 Å². The van der Waals surface area contributed by atoms with Crippen LogP contribution < -0.4 is 21.8 Å². The van der Waals surface area contributed by atoms with Crippen LogP contribution in [0.3, 0.4) is 0 Å². The van der Waals surface area contributed by atoms with Crippen molar-refractivity contribution in [1.82, 2.24) is 25.2 Å². The third-order valence-electron chi connectivity index (χ3n) is 7.04. The van der Waals surface area contributed by atoms with E-state index in [-0.39, 0.29) is 22.8 Å². The van der Waals surface area contributed by atoms with Gasteiger partial charge in [-0.05, 0) is 37.0 Å². The molecule has 2 aliphatic heterocycles. The zero-order valence-corrected chi connectivity index (χ0v) is 21.2. The van der Waals surface area contributed by atoms with Crippen molar-refractivity contribution in [3.8, 4) is 0 Å². The minimum atomic E-state index is -0.749. The number of carbonyl (C=O) groups excluding carboxylic acids is 1. The minimum absolute atomic E-state index is 0.00696. The van der Waals surface area contributed by atoms with Gasteiger partial charge in [0.1, 0.15) is 6.17 Å². The van der Waals surface area contributed by atoms with Crippen molar-refractivity contribution in [3.63, 3.8) is 0 Å². The van der Waals surface area contributed by atoms with Gasteiger partial charge in [-0.1, -0.05) is 42.3 Å². The third-order valence-corrected chi connectivity index (χ3v) is 7.54. The normalized spacial score (nSPS) is 21.3. The van der Waals surface area contributed by atoms with Gasteiger partial charge in [-0.15, -0.1) is 0 Å². The van der Waals surface area contributed by atoms with Crippen molar-refractivity contribution >= 4 is 40.7 Å². The van der Waals surface area contributed by atoms with Crippen LogP contribution in [0.5, 0.6) is 0 Å². The van der Waals surface area contributed by atoms with Crippen LogP contribution in [0.4, 0.5) is 11.6 Å². The van der Waals surface area contributed by atoms with E-state index in [0.717, 1.165) is 57.5 Å². The summed E-state index contributed by atoms with van der Waals surface area (Å²) < 4.78 is 0. The van der Waals surface area contributed by atoms with Crippen LogP contribution in [0.25, 0.3) is 0 Å². The Labute approximate surface area is 215 Å². The summed E-state index contributed by atoms with van der Waals surface area (Å²) in [4.78, 5) is 26.8. The number of benzene rings is 1. The number of likely N-dealkylation sites (tertiary alicyclic amines) is 1. The van der Waals surface area contributed by atoms with E-state index in [1.807, 2.05) is 24.3 Å². The molecule has 12 heteroatoms. The van der Waals surface area contributed by atoms with Crippen molar-refractivity contribution in [3.05, 3.63) is 45.7 Å². The van der Waals surface area contributed by atoms with E-state index in [2.05, 4.69) is 37.1 Å². The van der Waals surface area contributed by atoms with E-state index in [4.69, 9.17) is 34.7 Å². The highest BCUT2D eigenvalue weighted by atomic mass is 35.5. The average Bonchev–Trinajstić information content (AvgIpc) is 2.86. The predicted molar refractivity (Wildman–Crippen MR) is 137 cm³/mol. The lowest BCUT2D eigenvalue weighted by molar-refractivity contribution is -0.00478. The van der Waals surface area contributed by atoms with E-state index in [9.17, 15) is 10.0 Å². The Morgan fingerprint density at radius 2 is 1.86 bits per heavy atom. The summed E-state index contributed by atoms with van der Waals surface area (Å²) in [7, 11) is 0. The second-order valence-electron chi connectivity index (χ2n) is 9.03. The molecule has 1 aromatic carbocycles. The van der Waals surface area contributed by atoms with Crippen molar-refractivity contribution in [2.45, 2.75) is 44.4 Å². The number of piperazine rings is 1. The number of hydrogen-bond donors (Lipinski definition) is 4. The van der Waals surface area contributed by atoms with Crippen LogP contribution in [0, 0.1) is 0 Å². The number of nitrogen functional groups attached to an aromatic ring is 1. The Morgan fingerprint density at radius 3 is 2.46 bits per heavy atom.